The molecule has 0 radical (unpaired) electrons. The molecule has 0 N–H and O–H groups in total. The predicted molar refractivity (Wildman–Crippen MR) is 59.6 cm³/mol. The molecule has 0 saturated heterocycles. The lowest BCUT2D eigenvalue weighted by Gasteiger charge is -2.09. The third kappa shape index (κ3) is 1.97. The summed E-state index contributed by atoms with van der Waals surface area (Å²) >= 11 is 0. The van der Waals surface area contributed by atoms with Crippen LogP contribution in [-0.2, 0) is 12.8 Å². The summed E-state index contributed by atoms with van der Waals surface area (Å²) in [5.41, 5.74) is 4.30. The number of hydrogen-bond donors (Lipinski definition) is 0. The van der Waals surface area contributed by atoms with E-state index in [0.29, 0.717) is 5.92 Å². The van der Waals surface area contributed by atoms with Crippen LogP contribution in [0.2, 0.25) is 0 Å². The molecule has 0 spiro atoms. The second-order valence-electron chi connectivity index (χ2n) is 4.59. The van der Waals surface area contributed by atoms with Gasteiger partial charge in [0.25, 0.3) is 0 Å². The molecule has 14 heavy (non-hydrogen) atoms. The fourth-order valence-electron chi connectivity index (χ4n) is 2.13. The Labute approximate surface area is 86.6 Å². The maximum absolute atomic E-state index is 4.53. The Morgan fingerprint density at radius 2 is 1.79 bits per heavy atom. The molecule has 0 aliphatic heterocycles. The van der Waals surface area contributed by atoms with Crippen LogP contribution in [0.4, 0.5) is 0 Å². The summed E-state index contributed by atoms with van der Waals surface area (Å²) < 4.78 is 0. The van der Waals surface area contributed by atoms with Crippen molar-refractivity contribution in [3.63, 3.8) is 0 Å². The lowest BCUT2D eigenvalue weighted by atomic mass is 10.0. The first-order valence-electron chi connectivity index (χ1n) is 5.75. The zero-order chi connectivity index (χ0) is 9.97. The monoisotopic (exact) mass is 189 g/mol. The smallest absolute Gasteiger partial charge is 0.0431 e. The van der Waals surface area contributed by atoms with Gasteiger partial charge in [-0.25, -0.2) is 0 Å². The van der Waals surface area contributed by atoms with Crippen LogP contribution in [0, 0.1) is 0 Å². The van der Waals surface area contributed by atoms with E-state index >= 15 is 0 Å². The summed E-state index contributed by atoms with van der Waals surface area (Å²) in [7, 11) is 0. The average Bonchev–Trinajstić information content (AvgIpc) is 2.41. The van der Waals surface area contributed by atoms with E-state index in [1.807, 2.05) is 0 Å². The van der Waals surface area contributed by atoms with Gasteiger partial charge in [0.05, 0.1) is 0 Å². The first-order valence-corrected chi connectivity index (χ1v) is 5.75. The highest BCUT2D eigenvalue weighted by Gasteiger charge is 2.10. The number of rotatable bonds is 1. The topological polar surface area (TPSA) is 12.9 Å². The molecule has 1 heterocycles. The third-order valence-corrected chi connectivity index (χ3v) is 3.09. The molecule has 0 amide bonds. The van der Waals surface area contributed by atoms with Crippen molar-refractivity contribution >= 4 is 0 Å². The van der Waals surface area contributed by atoms with Gasteiger partial charge in [0.15, 0.2) is 0 Å². The van der Waals surface area contributed by atoms with E-state index in [1.54, 1.807) is 5.56 Å². The van der Waals surface area contributed by atoms with Gasteiger partial charge in [-0.1, -0.05) is 20.3 Å². The number of pyridine rings is 1. The lowest BCUT2D eigenvalue weighted by molar-refractivity contribution is 0.711. The van der Waals surface area contributed by atoms with Gasteiger partial charge in [0, 0.05) is 11.9 Å². The molecule has 1 aromatic heterocycles. The number of fused-ring (bicyclic) bond motifs is 1. The quantitative estimate of drug-likeness (QED) is 0.616. The molecule has 1 heteroatoms. The number of aryl methyl sites for hydroxylation is 2. The van der Waals surface area contributed by atoms with Crippen molar-refractivity contribution in [1.29, 1.82) is 0 Å². The Hall–Kier alpha value is -0.850. The first kappa shape index (κ1) is 9.70. The van der Waals surface area contributed by atoms with Crippen molar-refractivity contribution in [2.45, 2.75) is 51.9 Å². The van der Waals surface area contributed by atoms with Gasteiger partial charge in [-0.2, -0.15) is 0 Å². The summed E-state index contributed by atoms with van der Waals surface area (Å²) in [6.45, 7) is 4.43. The van der Waals surface area contributed by atoms with Crippen molar-refractivity contribution in [3.8, 4) is 0 Å². The SMILES string of the molecule is CC(C)c1cc2c(cn1)CCCCC2. The Morgan fingerprint density at radius 1 is 1.07 bits per heavy atom. The van der Waals surface area contributed by atoms with E-state index in [1.165, 1.54) is 43.4 Å². The van der Waals surface area contributed by atoms with Crippen LogP contribution in [-0.4, -0.2) is 4.98 Å². The molecule has 76 valence electrons. The van der Waals surface area contributed by atoms with Gasteiger partial charge >= 0.3 is 0 Å². The van der Waals surface area contributed by atoms with E-state index < -0.39 is 0 Å². The minimum atomic E-state index is 0.559. The fourth-order valence-corrected chi connectivity index (χ4v) is 2.13. The van der Waals surface area contributed by atoms with Crippen LogP contribution in [0.5, 0.6) is 0 Å². The molecule has 0 unspecified atom stereocenters. The van der Waals surface area contributed by atoms with Crippen molar-refractivity contribution in [2.75, 3.05) is 0 Å². The number of aromatic nitrogens is 1. The fraction of sp³-hybridized carbons (Fsp3) is 0.615. The number of nitrogens with zero attached hydrogens (tertiary/aromatic N) is 1. The summed E-state index contributed by atoms with van der Waals surface area (Å²) in [6, 6.07) is 2.32. The van der Waals surface area contributed by atoms with Crippen LogP contribution < -0.4 is 0 Å². The van der Waals surface area contributed by atoms with Crippen LogP contribution >= 0.6 is 0 Å². The normalized spacial score (nSPS) is 16.5. The molecule has 0 fully saturated rings. The van der Waals surface area contributed by atoms with Gasteiger partial charge in [-0.05, 0) is 48.8 Å². The molecule has 0 aromatic carbocycles. The summed E-state index contributed by atoms with van der Waals surface area (Å²) in [5, 5.41) is 0. The molecule has 1 aromatic rings. The van der Waals surface area contributed by atoms with Crippen LogP contribution in [0.15, 0.2) is 12.3 Å². The van der Waals surface area contributed by atoms with E-state index in [4.69, 9.17) is 0 Å². The highest BCUT2D eigenvalue weighted by atomic mass is 14.7. The van der Waals surface area contributed by atoms with Gasteiger partial charge < -0.3 is 0 Å². The molecule has 0 atom stereocenters. The van der Waals surface area contributed by atoms with Crippen molar-refractivity contribution in [3.05, 3.63) is 29.1 Å². The summed E-state index contributed by atoms with van der Waals surface area (Å²) in [5.74, 6) is 0.559. The van der Waals surface area contributed by atoms with Crippen molar-refractivity contribution in [2.24, 2.45) is 0 Å². The first-order chi connectivity index (χ1) is 6.77. The predicted octanol–water partition coefficient (Wildman–Crippen LogP) is 3.47. The molecule has 1 aliphatic rings. The van der Waals surface area contributed by atoms with E-state index in [2.05, 4.69) is 31.1 Å². The molecule has 1 aliphatic carbocycles. The highest BCUT2D eigenvalue weighted by molar-refractivity contribution is 5.29. The average molecular weight is 189 g/mol. The van der Waals surface area contributed by atoms with Crippen LogP contribution in [0.1, 0.15) is 55.8 Å². The minimum Gasteiger partial charge on any atom is -0.261 e. The highest BCUT2D eigenvalue weighted by Crippen LogP contribution is 2.22. The molecule has 0 saturated carbocycles. The Morgan fingerprint density at radius 3 is 2.50 bits per heavy atom. The standard InChI is InChI=1S/C13H19N/c1-10(2)13-8-11-6-4-3-5-7-12(11)9-14-13/h8-10H,3-7H2,1-2H3. The number of hydrogen-bond acceptors (Lipinski definition) is 1. The van der Waals surface area contributed by atoms with Gasteiger partial charge in [-0.15, -0.1) is 0 Å². The van der Waals surface area contributed by atoms with Gasteiger partial charge in [0.2, 0.25) is 0 Å². The molecule has 1 nitrogen and oxygen atoms in total. The van der Waals surface area contributed by atoms with Crippen LogP contribution in [0.25, 0.3) is 0 Å². The molecular formula is C13H19N. The van der Waals surface area contributed by atoms with E-state index in [0.717, 1.165) is 0 Å². The van der Waals surface area contributed by atoms with E-state index in [9.17, 15) is 0 Å². The van der Waals surface area contributed by atoms with Crippen LogP contribution in [0.3, 0.4) is 0 Å². The maximum Gasteiger partial charge on any atom is 0.0431 e. The maximum atomic E-state index is 4.53. The van der Waals surface area contributed by atoms with Gasteiger partial charge in [0.1, 0.15) is 0 Å². The zero-order valence-electron chi connectivity index (χ0n) is 9.21. The molecular weight excluding hydrogens is 170 g/mol. The Kier molecular flexibility index (Phi) is 2.85. The second-order valence-corrected chi connectivity index (χ2v) is 4.59. The van der Waals surface area contributed by atoms with Crippen molar-refractivity contribution in [1.82, 2.24) is 4.98 Å². The second kappa shape index (κ2) is 4.12. The van der Waals surface area contributed by atoms with E-state index in [-0.39, 0.29) is 0 Å². The third-order valence-electron chi connectivity index (χ3n) is 3.09. The zero-order valence-corrected chi connectivity index (χ0v) is 9.21. The molecule has 2 rings (SSSR count). The molecule has 0 bridgehead atoms. The largest absolute Gasteiger partial charge is 0.261 e. The summed E-state index contributed by atoms with van der Waals surface area (Å²) in [6.07, 6.45) is 8.68. The van der Waals surface area contributed by atoms with Gasteiger partial charge in [-0.3, -0.25) is 4.98 Å². The minimum absolute atomic E-state index is 0.559. The Balaban J connectivity index is 2.32. The lowest BCUT2D eigenvalue weighted by Crippen LogP contribution is -1.98. The van der Waals surface area contributed by atoms with Crippen molar-refractivity contribution < 1.29 is 0 Å². The summed E-state index contributed by atoms with van der Waals surface area (Å²) in [4.78, 5) is 4.53. The Bertz CT molecular complexity index is 315.